The molecule has 4 rings (SSSR count). The van der Waals surface area contributed by atoms with Gasteiger partial charge in [-0.25, -0.2) is 0 Å². The maximum Gasteiger partial charge on any atom is 0.244 e. The van der Waals surface area contributed by atoms with Crippen LogP contribution in [0.15, 0.2) is 60.1 Å². The fourth-order valence-electron chi connectivity index (χ4n) is 4.19. The normalized spacial score (nSPS) is 13.9. The first-order valence-electron chi connectivity index (χ1n) is 12.4. The van der Waals surface area contributed by atoms with E-state index in [1.807, 2.05) is 60.1 Å². The van der Waals surface area contributed by atoms with Crippen LogP contribution < -0.4 is 21.7 Å². The smallest absolute Gasteiger partial charge is 0.244 e. The molecule has 1 unspecified atom stereocenters. The van der Waals surface area contributed by atoms with Crippen LogP contribution in [0, 0.1) is 5.92 Å². The molecule has 8 nitrogen and oxygen atoms in total. The Balaban J connectivity index is 1.59. The number of aromatic nitrogens is 1. The second-order valence-electron chi connectivity index (χ2n) is 9.60. The minimum absolute atomic E-state index is 0.176. The van der Waals surface area contributed by atoms with E-state index in [0.29, 0.717) is 12.8 Å². The van der Waals surface area contributed by atoms with Gasteiger partial charge in [0.05, 0.1) is 6.04 Å². The number of fused-ring (bicyclic) bond motifs is 2. The zero-order valence-corrected chi connectivity index (χ0v) is 22.0. The van der Waals surface area contributed by atoms with Crippen LogP contribution in [0.1, 0.15) is 31.9 Å². The summed E-state index contributed by atoms with van der Waals surface area (Å²) in [5, 5.41) is 12.8. The number of nitrogens with two attached hydrogens (primary N) is 1. The zero-order valence-electron chi connectivity index (χ0n) is 21.2. The topological polar surface area (TPSA) is 129 Å². The number of H-pyrrole nitrogens is 1. The second kappa shape index (κ2) is 11.6. The van der Waals surface area contributed by atoms with Crippen molar-refractivity contribution >= 4 is 50.0 Å². The molecule has 3 atom stereocenters. The molecule has 0 bridgehead atoms. The van der Waals surface area contributed by atoms with Gasteiger partial charge in [-0.15, -0.1) is 11.3 Å². The monoisotopic (exact) mass is 519 g/mol. The molecule has 37 heavy (non-hydrogen) atoms. The van der Waals surface area contributed by atoms with Gasteiger partial charge in [-0.2, -0.15) is 0 Å². The van der Waals surface area contributed by atoms with Crippen molar-refractivity contribution in [2.75, 3.05) is 0 Å². The highest BCUT2D eigenvalue weighted by Crippen LogP contribution is 2.26. The van der Waals surface area contributed by atoms with Crippen molar-refractivity contribution in [2.24, 2.45) is 11.7 Å². The lowest BCUT2D eigenvalue weighted by Gasteiger charge is -2.25. The molecular formula is C28H33N5O3S. The van der Waals surface area contributed by atoms with Gasteiger partial charge in [0, 0.05) is 40.6 Å². The van der Waals surface area contributed by atoms with Crippen molar-refractivity contribution in [3.63, 3.8) is 0 Å². The third-order valence-corrected chi connectivity index (χ3v) is 7.30. The van der Waals surface area contributed by atoms with E-state index in [1.165, 1.54) is 0 Å². The summed E-state index contributed by atoms with van der Waals surface area (Å²) in [6.45, 7) is 5.17. The summed E-state index contributed by atoms with van der Waals surface area (Å²) in [6, 6.07) is 14.2. The Morgan fingerprint density at radius 3 is 2.24 bits per heavy atom. The van der Waals surface area contributed by atoms with Crippen molar-refractivity contribution in [3.05, 3.63) is 71.2 Å². The van der Waals surface area contributed by atoms with Crippen LogP contribution in [0.3, 0.4) is 0 Å². The number of nitrogens with one attached hydrogen (secondary N) is 4. The number of hydrogen-bond donors (Lipinski definition) is 5. The summed E-state index contributed by atoms with van der Waals surface area (Å²) < 4.78 is 1.11. The van der Waals surface area contributed by atoms with Crippen LogP contribution in [0.2, 0.25) is 0 Å². The Morgan fingerprint density at radius 2 is 1.51 bits per heavy atom. The lowest BCUT2D eigenvalue weighted by molar-refractivity contribution is -0.131. The maximum absolute atomic E-state index is 13.6. The fourth-order valence-corrected chi connectivity index (χ4v) is 5.17. The SMILES string of the molecule is CC(C)C(=O)NC(Cc1c[nH]c2ccccc12)NC(=O)[C@@H](Cc1csc2ccccc12)NC(=O)[C@@H](C)N. The Bertz CT molecular complexity index is 1410. The Morgan fingerprint density at radius 1 is 0.838 bits per heavy atom. The molecule has 3 amide bonds. The molecule has 2 aromatic carbocycles. The number of hydrogen-bond acceptors (Lipinski definition) is 5. The third-order valence-electron chi connectivity index (χ3n) is 6.29. The average molecular weight is 520 g/mol. The molecule has 6 N–H and O–H groups in total. The van der Waals surface area contributed by atoms with Crippen molar-refractivity contribution < 1.29 is 14.4 Å². The minimum Gasteiger partial charge on any atom is -0.361 e. The number of amides is 3. The molecule has 9 heteroatoms. The van der Waals surface area contributed by atoms with E-state index in [4.69, 9.17) is 5.73 Å². The number of rotatable bonds is 10. The number of carbonyl (C=O) groups excluding carboxylic acids is 3. The highest BCUT2D eigenvalue weighted by molar-refractivity contribution is 7.17. The minimum atomic E-state index is -0.863. The van der Waals surface area contributed by atoms with E-state index in [-0.39, 0.29) is 11.8 Å². The fraction of sp³-hybridized carbons (Fsp3) is 0.321. The molecule has 0 saturated heterocycles. The van der Waals surface area contributed by atoms with Crippen LogP contribution >= 0.6 is 11.3 Å². The van der Waals surface area contributed by atoms with E-state index in [2.05, 4.69) is 20.9 Å². The van der Waals surface area contributed by atoms with Gasteiger partial charge in [0.15, 0.2) is 0 Å². The predicted octanol–water partition coefficient (Wildman–Crippen LogP) is 3.21. The van der Waals surface area contributed by atoms with Gasteiger partial charge in [0.1, 0.15) is 12.2 Å². The third kappa shape index (κ3) is 6.36. The van der Waals surface area contributed by atoms with Crippen LogP contribution in [0.25, 0.3) is 21.0 Å². The maximum atomic E-state index is 13.6. The van der Waals surface area contributed by atoms with Gasteiger partial charge >= 0.3 is 0 Å². The summed E-state index contributed by atoms with van der Waals surface area (Å²) in [5.74, 6) is -1.24. The largest absolute Gasteiger partial charge is 0.361 e. The number of benzene rings is 2. The zero-order chi connectivity index (χ0) is 26.5. The Kier molecular flexibility index (Phi) is 8.25. The summed E-state index contributed by atoms with van der Waals surface area (Å²) in [4.78, 5) is 42.0. The number of thiophene rings is 1. The van der Waals surface area contributed by atoms with E-state index < -0.39 is 30.1 Å². The number of para-hydroxylation sites is 1. The molecule has 2 heterocycles. The first-order chi connectivity index (χ1) is 17.7. The van der Waals surface area contributed by atoms with Crippen molar-refractivity contribution in [3.8, 4) is 0 Å². The van der Waals surface area contributed by atoms with Crippen LogP contribution in [-0.2, 0) is 27.2 Å². The van der Waals surface area contributed by atoms with Crippen LogP contribution in [-0.4, -0.2) is 41.0 Å². The van der Waals surface area contributed by atoms with E-state index >= 15 is 0 Å². The molecular weight excluding hydrogens is 486 g/mol. The van der Waals surface area contributed by atoms with Crippen LogP contribution in [0.4, 0.5) is 0 Å². The number of aromatic amines is 1. The summed E-state index contributed by atoms with van der Waals surface area (Å²) in [6.07, 6.45) is 1.89. The lowest BCUT2D eigenvalue weighted by Crippen LogP contribution is -2.57. The van der Waals surface area contributed by atoms with Gasteiger partial charge < -0.3 is 26.7 Å². The highest BCUT2D eigenvalue weighted by atomic mass is 32.1. The molecule has 0 saturated carbocycles. The van der Waals surface area contributed by atoms with Gasteiger partial charge in [0.2, 0.25) is 17.7 Å². The van der Waals surface area contributed by atoms with Crippen molar-refractivity contribution in [1.82, 2.24) is 20.9 Å². The summed E-state index contributed by atoms with van der Waals surface area (Å²) in [5.41, 5.74) is 8.69. The van der Waals surface area contributed by atoms with E-state index in [9.17, 15) is 14.4 Å². The molecule has 0 fully saturated rings. The molecule has 0 radical (unpaired) electrons. The van der Waals surface area contributed by atoms with E-state index in [0.717, 1.165) is 32.1 Å². The molecule has 0 spiro atoms. The average Bonchev–Trinajstić information content (AvgIpc) is 3.47. The molecule has 4 aromatic rings. The first-order valence-corrected chi connectivity index (χ1v) is 13.3. The molecule has 0 aliphatic heterocycles. The predicted molar refractivity (Wildman–Crippen MR) is 148 cm³/mol. The van der Waals surface area contributed by atoms with Gasteiger partial charge in [0.25, 0.3) is 0 Å². The molecule has 0 aliphatic carbocycles. The van der Waals surface area contributed by atoms with Gasteiger partial charge in [-0.1, -0.05) is 50.2 Å². The first kappa shape index (κ1) is 26.4. The van der Waals surface area contributed by atoms with E-state index in [1.54, 1.807) is 32.1 Å². The highest BCUT2D eigenvalue weighted by Gasteiger charge is 2.27. The molecule has 0 aliphatic rings. The molecule has 2 aromatic heterocycles. The Hall–Kier alpha value is -3.69. The van der Waals surface area contributed by atoms with Crippen molar-refractivity contribution in [2.45, 2.75) is 51.9 Å². The van der Waals surface area contributed by atoms with Gasteiger partial charge in [-0.3, -0.25) is 14.4 Å². The molecule has 194 valence electrons. The second-order valence-corrected chi connectivity index (χ2v) is 10.5. The van der Waals surface area contributed by atoms with Crippen LogP contribution in [0.5, 0.6) is 0 Å². The Labute approximate surface area is 220 Å². The number of carbonyl (C=O) groups is 3. The lowest BCUT2D eigenvalue weighted by atomic mass is 10.0. The quantitative estimate of drug-likeness (QED) is 0.206. The standard InChI is InChI=1S/C28H33N5O3S/c1-16(2)26(34)32-25(13-18-14-30-22-10-6-4-8-20(18)22)33-28(36)23(31-27(35)17(3)29)12-19-15-37-24-11-7-5-9-21(19)24/h4-11,14-17,23,25,30H,12-13,29H2,1-3H3,(H,31,35)(H,32,34)(H,33,36)/t17-,23-,25?/m1/s1. The van der Waals surface area contributed by atoms with Crippen molar-refractivity contribution in [1.29, 1.82) is 0 Å². The van der Waals surface area contributed by atoms with Gasteiger partial charge in [-0.05, 0) is 40.9 Å². The summed E-state index contributed by atoms with van der Waals surface area (Å²) >= 11 is 1.59. The summed E-state index contributed by atoms with van der Waals surface area (Å²) in [7, 11) is 0.